The van der Waals surface area contributed by atoms with Gasteiger partial charge >= 0.3 is 0 Å². The molecule has 1 N–H and O–H groups in total. The second-order valence-electron chi connectivity index (χ2n) is 4.99. The van der Waals surface area contributed by atoms with E-state index in [0.29, 0.717) is 6.04 Å². The Balaban J connectivity index is 1.79. The number of anilines is 1. The molecule has 0 aromatic heterocycles. The highest BCUT2D eigenvalue weighted by Crippen LogP contribution is 2.35. The Morgan fingerprint density at radius 1 is 1.12 bits per heavy atom. The van der Waals surface area contributed by atoms with Gasteiger partial charge in [-0.3, -0.25) is 0 Å². The number of benzene rings is 1. The van der Waals surface area contributed by atoms with E-state index in [-0.39, 0.29) is 0 Å². The first-order valence-electron chi connectivity index (χ1n) is 6.17. The van der Waals surface area contributed by atoms with Crippen molar-refractivity contribution in [3.05, 3.63) is 27.1 Å². The monoisotopic (exact) mass is 358 g/mol. The van der Waals surface area contributed by atoms with Gasteiger partial charge in [0.2, 0.25) is 0 Å². The Hall–Kier alpha value is -0.0600. The van der Waals surface area contributed by atoms with Gasteiger partial charge in [-0.05, 0) is 75.8 Å². The zero-order valence-electron chi connectivity index (χ0n) is 9.63. The summed E-state index contributed by atoms with van der Waals surface area (Å²) in [6.07, 6.45) is 2.69. The zero-order valence-corrected chi connectivity index (χ0v) is 12.8. The molecule has 1 aromatic carbocycles. The van der Waals surface area contributed by atoms with Gasteiger partial charge in [0.15, 0.2) is 0 Å². The molecule has 2 nitrogen and oxygen atoms in total. The third kappa shape index (κ3) is 2.40. The standard InChI is InChI=1S/C13H16Br2N2/c14-10-2-1-3-11(15)13(10)16-12-8-17-6-4-9(12)5-7-17/h1-3,9,12,16H,4-8H2. The van der Waals surface area contributed by atoms with E-state index in [1.807, 2.05) is 0 Å². The summed E-state index contributed by atoms with van der Waals surface area (Å²) >= 11 is 7.24. The molecule has 3 aliphatic rings. The molecule has 1 unspecified atom stereocenters. The van der Waals surface area contributed by atoms with Crippen molar-refractivity contribution in [2.24, 2.45) is 5.92 Å². The van der Waals surface area contributed by atoms with Crippen LogP contribution in [-0.4, -0.2) is 30.6 Å². The van der Waals surface area contributed by atoms with E-state index in [2.05, 4.69) is 60.3 Å². The fourth-order valence-corrected chi connectivity index (χ4v) is 4.18. The van der Waals surface area contributed by atoms with Crippen molar-refractivity contribution in [2.45, 2.75) is 18.9 Å². The number of nitrogens with one attached hydrogen (secondary N) is 1. The van der Waals surface area contributed by atoms with Crippen LogP contribution in [0.3, 0.4) is 0 Å². The molecule has 4 heteroatoms. The SMILES string of the molecule is Brc1cccc(Br)c1NC1CN2CCC1CC2. The lowest BCUT2D eigenvalue weighted by Crippen LogP contribution is -2.53. The first kappa shape index (κ1) is 12.0. The highest BCUT2D eigenvalue weighted by atomic mass is 79.9. The van der Waals surface area contributed by atoms with Crippen LogP contribution in [0.5, 0.6) is 0 Å². The first-order valence-corrected chi connectivity index (χ1v) is 7.75. The Bertz CT molecular complexity index is 394. The van der Waals surface area contributed by atoms with E-state index in [4.69, 9.17) is 0 Å². The van der Waals surface area contributed by atoms with Gasteiger partial charge in [0.05, 0.1) is 5.69 Å². The van der Waals surface area contributed by atoms with Crippen LogP contribution in [0.2, 0.25) is 0 Å². The Morgan fingerprint density at radius 3 is 2.29 bits per heavy atom. The summed E-state index contributed by atoms with van der Waals surface area (Å²) in [5.41, 5.74) is 1.20. The lowest BCUT2D eigenvalue weighted by Gasteiger charge is -2.45. The number of halogens is 2. The number of rotatable bonds is 2. The van der Waals surface area contributed by atoms with E-state index < -0.39 is 0 Å². The summed E-state index contributed by atoms with van der Waals surface area (Å²) in [5.74, 6) is 0.846. The summed E-state index contributed by atoms with van der Waals surface area (Å²) in [5, 5.41) is 3.71. The van der Waals surface area contributed by atoms with E-state index >= 15 is 0 Å². The van der Waals surface area contributed by atoms with Crippen LogP contribution in [0.25, 0.3) is 0 Å². The molecule has 4 rings (SSSR count). The maximum Gasteiger partial charge on any atom is 0.0631 e. The minimum absolute atomic E-state index is 0.604. The molecule has 1 atom stereocenters. The third-order valence-electron chi connectivity index (χ3n) is 3.95. The molecule has 3 aliphatic heterocycles. The van der Waals surface area contributed by atoms with Crippen molar-refractivity contribution in [1.82, 2.24) is 4.90 Å². The van der Waals surface area contributed by atoms with Crippen LogP contribution in [0.1, 0.15) is 12.8 Å². The summed E-state index contributed by atoms with van der Waals surface area (Å²) in [6, 6.07) is 6.84. The molecule has 92 valence electrons. The highest BCUT2D eigenvalue weighted by Gasteiger charge is 2.34. The van der Waals surface area contributed by atoms with Gasteiger partial charge < -0.3 is 10.2 Å². The molecule has 1 aromatic rings. The molecule has 0 radical (unpaired) electrons. The molecule has 0 amide bonds. The van der Waals surface area contributed by atoms with Crippen LogP contribution < -0.4 is 5.32 Å². The fourth-order valence-electron chi connectivity index (χ4n) is 2.95. The average Bonchev–Trinajstić information content (AvgIpc) is 2.36. The van der Waals surface area contributed by atoms with E-state index in [1.165, 1.54) is 38.2 Å². The van der Waals surface area contributed by atoms with Gasteiger partial charge in [0.25, 0.3) is 0 Å². The Labute approximate surface area is 119 Å². The maximum atomic E-state index is 3.71. The van der Waals surface area contributed by atoms with Gasteiger partial charge in [-0.15, -0.1) is 0 Å². The summed E-state index contributed by atoms with van der Waals surface area (Å²) in [7, 11) is 0. The number of piperidine rings is 3. The summed E-state index contributed by atoms with van der Waals surface area (Å²) < 4.78 is 2.28. The van der Waals surface area contributed by atoms with Crippen LogP contribution in [0, 0.1) is 5.92 Å². The number of nitrogens with zero attached hydrogens (tertiary/aromatic N) is 1. The van der Waals surface area contributed by atoms with Gasteiger partial charge in [-0.25, -0.2) is 0 Å². The number of fused-ring (bicyclic) bond motifs is 3. The molecule has 3 saturated heterocycles. The van der Waals surface area contributed by atoms with Gasteiger partial charge in [0.1, 0.15) is 0 Å². The minimum Gasteiger partial charge on any atom is -0.379 e. The molecule has 3 fully saturated rings. The average molecular weight is 360 g/mol. The molecular formula is C13H16Br2N2. The molecule has 3 heterocycles. The van der Waals surface area contributed by atoms with E-state index in [0.717, 1.165) is 14.9 Å². The summed E-state index contributed by atoms with van der Waals surface area (Å²) in [6.45, 7) is 3.78. The van der Waals surface area contributed by atoms with E-state index in [1.54, 1.807) is 0 Å². The molecule has 0 spiro atoms. The van der Waals surface area contributed by atoms with Crippen LogP contribution >= 0.6 is 31.9 Å². The van der Waals surface area contributed by atoms with Gasteiger partial charge in [0, 0.05) is 21.5 Å². The van der Waals surface area contributed by atoms with Crippen molar-refractivity contribution in [2.75, 3.05) is 25.0 Å². The normalized spacial score (nSPS) is 31.5. The number of para-hydroxylation sites is 1. The zero-order chi connectivity index (χ0) is 11.8. The lowest BCUT2D eigenvalue weighted by atomic mass is 9.84. The highest BCUT2D eigenvalue weighted by molar-refractivity contribution is 9.11. The second kappa shape index (κ2) is 4.90. The predicted octanol–water partition coefficient (Wildman–Crippen LogP) is 3.72. The number of hydrogen-bond acceptors (Lipinski definition) is 2. The quantitative estimate of drug-likeness (QED) is 0.865. The fraction of sp³-hybridized carbons (Fsp3) is 0.538. The first-order chi connectivity index (χ1) is 8.24. The van der Waals surface area contributed by atoms with Gasteiger partial charge in [-0.2, -0.15) is 0 Å². The molecule has 17 heavy (non-hydrogen) atoms. The van der Waals surface area contributed by atoms with Gasteiger partial charge in [-0.1, -0.05) is 6.07 Å². The minimum atomic E-state index is 0.604. The van der Waals surface area contributed by atoms with Crippen LogP contribution in [0.4, 0.5) is 5.69 Å². The maximum absolute atomic E-state index is 3.71. The third-order valence-corrected chi connectivity index (χ3v) is 5.27. The topological polar surface area (TPSA) is 15.3 Å². The van der Waals surface area contributed by atoms with Crippen molar-refractivity contribution in [3.8, 4) is 0 Å². The van der Waals surface area contributed by atoms with Crippen molar-refractivity contribution >= 4 is 37.5 Å². The second-order valence-corrected chi connectivity index (χ2v) is 6.69. The predicted molar refractivity (Wildman–Crippen MR) is 78.4 cm³/mol. The summed E-state index contributed by atoms with van der Waals surface area (Å²) in [4.78, 5) is 2.57. The van der Waals surface area contributed by atoms with Crippen molar-refractivity contribution < 1.29 is 0 Å². The Morgan fingerprint density at radius 2 is 1.76 bits per heavy atom. The lowest BCUT2D eigenvalue weighted by molar-refractivity contribution is 0.0975. The van der Waals surface area contributed by atoms with E-state index in [9.17, 15) is 0 Å². The molecular weight excluding hydrogens is 344 g/mol. The smallest absolute Gasteiger partial charge is 0.0631 e. The number of hydrogen-bond donors (Lipinski definition) is 1. The van der Waals surface area contributed by atoms with Crippen LogP contribution in [-0.2, 0) is 0 Å². The Kier molecular flexibility index (Phi) is 3.46. The van der Waals surface area contributed by atoms with Crippen molar-refractivity contribution in [3.63, 3.8) is 0 Å². The van der Waals surface area contributed by atoms with Crippen LogP contribution in [0.15, 0.2) is 27.1 Å². The van der Waals surface area contributed by atoms with Crippen molar-refractivity contribution in [1.29, 1.82) is 0 Å². The largest absolute Gasteiger partial charge is 0.379 e. The molecule has 0 aliphatic carbocycles. The molecule has 0 saturated carbocycles. The molecule has 2 bridgehead atoms.